The molecule has 6 rings (SSSR count). The van der Waals surface area contributed by atoms with E-state index in [0.717, 1.165) is 19.6 Å². The van der Waals surface area contributed by atoms with Gasteiger partial charge in [-0.15, -0.1) is 5.10 Å². The van der Waals surface area contributed by atoms with E-state index in [1.54, 1.807) is 43.8 Å². The predicted molar refractivity (Wildman–Crippen MR) is 146 cm³/mol. The molecule has 208 valence electrons. The van der Waals surface area contributed by atoms with Gasteiger partial charge in [-0.25, -0.2) is 18.7 Å². The average Bonchev–Trinajstić information content (AvgIpc) is 3.58. The van der Waals surface area contributed by atoms with Crippen molar-refractivity contribution in [2.75, 3.05) is 63.7 Å². The van der Waals surface area contributed by atoms with E-state index in [-0.39, 0.29) is 23.2 Å². The summed E-state index contributed by atoms with van der Waals surface area (Å²) >= 11 is 0. The molecular weight excluding hydrogens is 520 g/mol. The van der Waals surface area contributed by atoms with Crippen LogP contribution < -0.4 is 15.4 Å². The molecule has 0 aliphatic carbocycles. The number of imidazole rings is 1. The third-order valence-corrected chi connectivity index (χ3v) is 7.03. The van der Waals surface area contributed by atoms with Gasteiger partial charge in [-0.05, 0) is 24.3 Å². The maximum Gasteiger partial charge on any atom is 0.225 e. The molecule has 0 atom stereocenters. The number of halogens is 2. The van der Waals surface area contributed by atoms with E-state index >= 15 is 0 Å². The lowest BCUT2D eigenvalue weighted by atomic mass is 10.2. The summed E-state index contributed by atoms with van der Waals surface area (Å²) in [7, 11) is 1.60. The lowest BCUT2D eigenvalue weighted by Crippen LogP contribution is -2.47. The molecule has 3 aromatic heterocycles. The Hall–Kier alpha value is -4.36. The van der Waals surface area contributed by atoms with E-state index in [1.807, 2.05) is 4.57 Å². The zero-order valence-corrected chi connectivity index (χ0v) is 22.0. The number of aromatic nitrogens is 6. The van der Waals surface area contributed by atoms with Crippen LogP contribution in [0.4, 0.5) is 20.4 Å². The molecular formula is C27H29F2N9O2. The fraction of sp³-hybridized carbons (Fsp3) is 0.333. The van der Waals surface area contributed by atoms with E-state index in [2.05, 4.69) is 29.9 Å². The van der Waals surface area contributed by atoms with Crippen LogP contribution >= 0.6 is 0 Å². The lowest BCUT2D eigenvalue weighted by molar-refractivity contribution is 0.146. The fourth-order valence-electron chi connectivity index (χ4n) is 4.89. The summed E-state index contributed by atoms with van der Waals surface area (Å²) in [6.45, 7) is 5.20. The third-order valence-electron chi connectivity index (χ3n) is 7.03. The number of benzene rings is 2. The van der Waals surface area contributed by atoms with Crippen molar-refractivity contribution in [3.8, 4) is 17.1 Å². The summed E-state index contributed by atoms with van der Waals surface area (Å²) in [6.07, 6.45) is 1.70. The van der Waals surface area contributed by atoms with E-state index in [1.165, 1.54) is 16.6 Å². The normalized spacial score (nSPS) is 14.4. The topological polar surface area (TPSA) is 112 Å². The SMILES string of the molecule is COCCOc1ccc(N2CCN(CCn3cnc4c3nc(N)n3nc(-c5ccccc5F)nc43)CC2)c(F)c1. The van der Waals surface area contributed by atoms with Gasteiger partial charge in [0, 0.05) is 52.4 Å². The molecule has 13 heteroatoms. The largest absolute Gasteiger partial charge is 0.491 e. The minimum Gasteiger partial charge on any atom is -0.491 e. The van der Waals surface area contributed by atoms with Gasteiger partial charge < -0.3 is 24.7 Å². The Balaban J connectivity index is 1.11. The van der Waals surface area contributed by atoms with Crippen molar-refractivity contribution in [1.82, 2.24) is 34.0 Å². The first-order chi connectivity index (χ1) is 19.5. The second kappa shape index (κ2) is 11.0. The Morgan fingerprint density at radius 3 is 2.52 bits per heavy atom. The molecule has 1 aliphatic heterocycles. The number of piperazine rings is 1. The van der Waals surface area contributed by atoms with E-state index in [9.17, 15) is 8.78 Å². The summed E-state index contributed by atoms with van der Waals surface area (Å²) in [6, 6.07) is 11.3. The number of rotatable bonds is 9. The molecule has 1 fully saturated rings. The summed E-state index contributed by atoms with van der Waals surface area (Å²) < 4.78 is 42.9. The summed E-state index contributed by atoms with van der Waals surface area (Å²) in [4.78, 5) is 17.9. The van der Waals surface area contributed by atoms with Crippen LogP contribution in [0.1, 0.15) is 0 Å². The molecule has 0 saturated carbocycles. The predicted octanol–water partition coefficient (Wildman–Crippen LogP) is 2.85. The number of hydrogen-bond donors (Lipinski definition) is 1. The highest BCUT2D eigenvalue weighted by atomic mass is 19.1. The van der Waals surface area contributed by atoms with Crippen molar-refractivity contribution >= 4 is 28.4 Å². The van der Waals surface area contributed by atoms with Crippen LogP contribution in [0, 0.1) is 11.6 Å². The van der Waals surface area contributed by atoms with Crippen LogP contribution in [-0.4, -0.2) is 87.1 Å². The van der Waals surface area contributed by atoms with Crippen LogP contribution in [-0.2, 0) is 11.3 Å². The van der Waals surface area contributed by atoms with Crippen molar-refractivity contribution in [1.29, 1.82) is 0 Å². The Morgan fingerprint density at radius 2 is 1.75 bits per heavy atom. The van der Waals surface area contributed by atoms with Crippen molar-refractivity contribution in [3.63, 3.8) is 0 Å². The Labute approximate surface area is 228 Å². The van der Waals surface area contributed by atoms with E-state index < -0.39 is 5.82 Å². The minimum atomic E-state index is -0.418. The van der Waals surface area contributed by atoms with Gasteiger partial charge in [0.2, 0.25) is 5.95 Å². The molecule has 0 amide bonds. The second-order valence-electron chi connectivity index (χ2n) is 9.51. The minimum absolute atomic E-state index is 0.144. The van der Waals surface area contributed by atoms with Gasteiger partial charge in [-0.1, -0.05) is 12.1 Å². The molecule has 2 N–H and O–H groups in total. The Bertz CT molecular complexity index is 1650. The molecule has 11 nitrogen and oxygen atoms in total. The first-order valence-corrected chi connectivity index (χ1v) is 13.0. The van der Waals surface area contributed by atoms with Crippen LogP contribution in [0.2, 0.25) is 0 Å². The van der Waals surface area contributed by atoms with Gasteiger partial charge >= 0.3 is 0 Å². The number of nitrogens with two attached hydrogens (primary N) is 1. The molecule has 2 aromatic carbocycles. The number of hydrogen-bond acceptors (Lipinski definition) is 9. The first-order valence-electron chi connectivity index (χ1n) is 13.0. The van der Waals surface area contributed by atoms with Crippen LogP contribution in [0.5, 0.6) is 5.75 Å². The van der Waals surface area contributed by atoms with Gasteiger partial charge in [0.25, 0.3) is 0 Å². The molecule has 40 heavy (non-hydrogen) atoms. The maximum atomic E-state index is 14.8. The number of anilines is 2. The van der Waals surface area contributed by atoms with Crippen molar-refractivity contribution in [3.05, 3.63) is 60.4 Å². The number of fused-ring (bicyclic) bond motifs is 3. The second-order valence-corrected chi connectivity index (χ2v) is 9.51. The highest BCUT2D eigenvalue weighted by molar-refractivity contribution is 5.87. The number of methoxy groups -OCH3 is 1. The molecule has 0 radical (unpaired) electrons. The number of nitrogens with zero attached hydrogens (tertiary/aromatic N) is 8. The highest BCUT2D eigenvalue weighted by Crippen LogP contribution is 2.26. The molecule has 5 aromatic rings. The van der Waals surface area contributed by atoms with Gasteiger partial charge in [0.15, 0.2) is 22.6 Å². The Morgan fingerprint density at radius 1 is 0.925 bits per heavy atom. The van der Waals surface area contributed by atoms with E-state index in [0.29, 0.717) is 61.1 Å². The maximum absolute atomic E-state index is 14.8. The number of ether oxygens (including phenoxy) is 2. The fourth-order valence-corrected chi connectivity index (χ4v) is 4.89. The van der Waals surface area contributed by atoms with Crippen molar-refractivity contribution < 1.29 is 18.3 Å². The van der Waals surface area contributed by atoms with Crippen LogP contribution in [0.15, 0.2) is 48.8 Å². The third kappa shape index (κ3) is 5.00. The molecule has 1 saturated heterocycles. The lowest BCUT2D eigenvalue weighted by Gasteiger charge is -2.36. The monoisotopic (exact) mass is 549 g/mol. The van der Waals surface area contributed by atoms with Crippen molar-refractivity contribution in [2.24, 2.45) is 0 Å². The molecule has 4 heterocycles. The van der Waals surface area contributed by atoms with E-state index in [4.69, 9.17) is 15.2 Å². The standard InChI is InChI=1S/C27H29F2N9O2/c1-39-14-15-40-18-6-7-22(21(29)16-18)36-11-8-35(9-12-36)10-13-37-17-31-23-25(37)33-27(30)38-26(23)32-24(34-38)19-4-2-3-5-20(19)28/h2-7,16-17H,8-15H2,1H3,(H2,30,33). The highest BCUT2D eigenvalue weighted by Gasteiger charge is 2.21. The zero-order chi connectivity index (χ0) is 27.6. The molecule has 1 aliphatic rings. The average molecular weight is 550 g/mol. The van der Waals surface area contributed by atoms with Crippen LogP contribution in [0.3, 0.4) is 0 Å². The molecule has 0 spiro atoms. The first kappa shape index (κ1) is 25.9. The quantitative estimate of drug-likeness (QED) is 0.278. The Kier molecular flexibility index (Phi) is 7.13. The van der Waals surface area contributed by atoms with Crippen molar-refractivity contribution in [2.45, 2.75) is 6.54 Å². The molecule has 0 bridgehead atoms. The molecule has 0 unspecified atom stereocenters. The van der Waals surface area contributed by atoms with Gasteiger partial charge in [0.05, 0.1) is 24.2 Å². The summed E-state index contributed by atoms with van der Waals surface area (Å²) in [5.74, 6) is 0.139. The summed E-state index contributed by atoms with van der Waals surface area (Å²) in [5.41, 5.74) is 8.60. The van der Waals surface area contributed by atoms with Gasteiger partial charge in [-0.3, -0.25) is 4.90 Å². The zero-order valence-electron chi connectivity index (χ0n) is 22.0. The van der Waals surface area contributed by atoms with Crippen LogP contribution in [0.25, 0.3) is 28.2 Å². The summed E-state index contributed by atoms with van der Waals surface area (Å²) in [5, 5.41) is 4.36. The van der Waals surface area contributed by atoms with Gasteiger partial charge in [0.1, 0.15) is 24.0 Å². The number of nitrogen functional groups attached to an aromatic ring is 1. The smallest absolute Gasteiger partial charge is 0.225 e. The van der Waals surface area contributed by atoms with Gasteiger partial charge in [-0.2, -0.15) is 9.50 Å².